The summed E-state index contributed by atoms with van der Waals surface area (Å²) in [5.74, 6) is 0.879. The zero-order valence-electron chi connectivity index (χ0n) is 18.4. The number of fused-ring (bicyclic) bond motifs is 5. The van der Waals surface area contributed by atoms with Crippen LogP contribution >= 0.6 is 0 Å². The van der Waals surface area contributed by atoms with Crippen molar-refractivity contribution in [1.29, 1.82) is 0 Å². The second-order valence-corrected chi connectivity index (χ2v) is 8.97. The molecule has 2 aliphatic rings. The summed E-state index contributed by atoms with van der Waals surface area (Å²) in [6, 6.07) is 15.3. The second-order valence-electron chi connectivity index (χ2n) is 8.97. The molecule has 0 bridgehead atoms. The number of anilines is 1. The number of nitrogens with one attached hydrogen (secondary N) is 1. The summed E-state index contributed by atoms with van der Waals surface area (Å²) in [6.45, 7) is 2.99. The van der Waals surface area contributed by atoms with Gasteiger partial charge in [-0.15, -0.1) is 0 Å². The van der Waals surface area contributed by atoms with Crippen molar-refractivity contribution in [2.75, 3.05) is 31.6 Å². The average Bonchev–Trinajstić information content (AvgIpc) is 3.52. The van der Waals surface area contributed by atoms with Gasteiger partial charge in [0.1, 0.15) is 5.82 Å². The molecule has 0 radical (unpaired) electrons. The van der Waals surface area contributed by atoms with Crippen LogP contribution in [0.15, 0.2) is 67.1 Å². The van der Waals surface area contributed by atoms with Gasteiger partial charge in [-0.1, -0.05) is 12.1 Å². The van der Waals surface area contributed by atoms with Crippen molar-refractivity contribution in [3.63, 3.8) is 0 Å². The number of hydrogen-bond acceptors (Lipinski definition) is 4. The Morgan fingerprint density at radius 1 is 1.09 bits per heavy atom. The Kier molecular flexibility index (Phi) is 4.81. The fraction of sp³-hybridized carbons (Fsp3) is 0.269. The molecular formula is C26H26FN5O. The van der Waals surface area contributed by atoms with Gasteiger partial charge in [-0.3, -0.25) is 4.57 Å². The fourth-order valence-corrected chi connectivity index (χ4v) is 5.16. The number of halogens is 1. The van der Waals surface area contributed by atoms with E-state index in [-0.39, 0.29) is 17.8 Å². The van der Waals surface area contributed by atoms with E-state index in [0.29, 0.717) is 13.1 Å². The number of aromatic nitrogens is 3. The minimum absolute atomic E-state index is 0.225. The monoisotopic (exact) mass is 443 g/mol. The minimum Gasteiger partial charge on any atom is -0.391 e. The van der Waals surface area contributed by atoms with Gasteiger partial charge in [-0.2, -0.15) is 0 Å². The molecule has 0 spiro atoms. The Morgan fingerprint density at radius 2 is 1.94 bits per heavy atom. The SMILES string of the molecule is CNC[C@@H]1CN(c2ccc3c(c2)Cn2cc(-c4ccc(F)cc4)cc2-c2nccn2-3)C[C@@H]1O. The van der Waals surface area contributed by atoms with Gasteiger partial charge in [-0.05, 0) is 54.6 Å². The van der Waals surface area contributed by atoms with Crippen LogP contribution in [0, 0.1) is 11.7 Å². The standard InChI is InChI=1S/C26H26FN5O/c1-28-12-20-15-30(16-25(20)33)22-6-7-23-19(10-22)14-31-13-18(17-2-4-21(27)5-3-17)11-24(31)26-29-8-9-32(23)26/h2-11,13,20,25,28,33H,12,14-16H2,1H3/t20-,25+/m1/s1. The van der Waals surface area contributed by atoms with E-state index in [2.05, 4.69) is 54.8 Å². The van der Waals surface area contributed by atoms with E-state index in [1.165, 1.54) is 17.7 Å². The highest BCUT2D eigenvalue weighted by molar-refractivity contribution is 5.72. The molecule has 6 nitrogen and oxygen atoms in total. The first kappa shape index (κ1) is 20.2. The van der Waals surface area contributed by atoms with E-state index in [1.807, 2.05) is 31.6 Å². The molecule has 33 heavy (non-hydrogen) atoms. The topological polar surface area (TPSA) is 58.2 Å². The van der Waals surface area contributed by atoms with Gasteiger partial charge in [0.05, 0.1) is 17.5 Å². The molecule has 2 aromatic carbocycles. The number of nitrogens with zero attached hydrogens (tertiary/aromatic N) is 4. The van der Waals surface area contributed by atoms with Gasteiger partial charge in [0, 0.05) is 61.9 Å². The van der Waals surface area contributed by atoms with Crippen molar-refractivity contribution in [2.24, 2.45) is 5.92 Å². The molecule has 2 aliphatic heterocycles. The van der Waals surface area contributed by atoms with Crippen molar-refractivity contribution < 1.29 is 9.50 Å². The number of hydrogen-bond donors (Lipinski definition) is 2. The maximum Gasteiger partial charge on any atom is 0.161 e. The Morgan fingerprint density at radius 3 is 2.76 bits per heavy atom. The van der Waals surface area contributed by atoms with Crippen LogP contribution in [-0.4, -0.2) is 52.0 Å². The van der Waals surface area contributed by atoms with Crippen LogP contribution < -0.4 is 10.2 Å². The Labute approximate surface area is 191 Å². The predicted molar refractivity (Wildman–Crippen MR) is 127 cm³/mol. The molecule has 2 aromatic heterocycles. The van der Waals surface area contributed by atoms with E-state index in [1.54, 1.807) is 0 Å². The van der Waals surface area contributed by atoms with Crippen molar-refractivity contribution in [2.45, 2.75) is 12.6 Å². The van der Waals surface area contributed by atoms with Crippen molar-refractivity contribution >= 4 is 5.69 Å². The van der Waals surface area contributed by atoms with Crippen LogP contribution in [-0.2, 0) is 6.54 Å². The van der Waals surface area contributed by atoms with Gasteiger partial charge < -0.3 is 19.9 Å². The summed E-state index contributed by atoms with van der Waals surface area (Å²) in [5, 5.41) is 13.7. The Balaban J connectivity index is 1.39. The normalized spacial score (nSPS) is 19.2. The number of aliphatic hydroxyl groups is 1. The zero-order valence-corrected chi connectivity index (χ0v) is 18.4. The van der Waals surface area contributed by atoms with E-state index >= 15 is 0 Å². The number of imidazole rings is 1. The first-order valence-electron chi connectivity index (χ1n) is 11.3. The van der Waals surface area contributed by atoms with Gasteiger partial charge >= 0.3 is 0 Å². The summed E-state index contributed by atoms with van der Waals surface area (Å²) < 4.78 is 17.8. The number of β-amino-alcohol motifs (C(OH)–C–C–N with tert-alkyl or cyclic N) is 1. The average molecular weight is 444 g/mol. The lowest BCUT2D eigenvalue weighted by Gasteiger charge is -2.21. The van der Waals surface area contributed by atoms with E-state index < -0.39 is 0 Å². The molecule has 0 saturated carbocycles. The van der Waals surface area contributed by atoms with Gasteiger partial charge in [-0.25, -0.2) is 9.37 Å². The predicted octanol–water partition coefficient (Wildman–Crippen LogP) is 3.53. The number of aliphatic hydroxyl groups excluding tert-OH is 1. The Hall–Kier alpha value is -3.42. The van der Waals surface area contributed by atoms with E-state index in [0.717, 1.165) is 47.1 Å². The molecule has 4 aromatic rings. The molecule has 2 N–H and O–H groups in total. The third-order valence-electron chi connectivity index (χ3n) is 6.85. The van der Waals surface area contributed by atoms with Crippen LogP contribution in [0.25, 0.3) is 28.3 Å². The lowest BCUT2D eigenvalue weighted by atomic mass is 10.1. The molecular weight excluding hydrogens is 417 g/mol. The highest BCUT2D eigenvalue weighted by Gasteiger charge is 2.31. The van der Waals surface area contributed by atoms with Crippen molar-refractivity contribution in [1.82, 2.24) is 19.4 Å². The summed E-state index contributed by atoms with van der Waals surface area (Å²) in [5.41, 5.74) is 6.48. The quantitative estimate of drug-likeness (QED) is 0.446. The highest BCUT2D eigenvalue weighted by Crippen LogP contribution is 2.36. The van der Waals surface area contributed by atoms with Gasteiger partial charge in [0.15, 0.2) is 5.82 Å². The van der Waals surface area contributed by atoms with Crippen LogP contribution in [0.5, 0.6) is 0 Å². The highest BCUT2D eigenvalue weighted by atomic mass is 19.1. The lowest BCUT2D eigenvalue weighted by molar-refractivity contribution is 0.148. The first-order chi connectivity index (χ1) is 16.1. The Bertz CT molecular complexity index is 1310. The van der Waals surface area contributed by atoms with Crippen LogP contribution in [0.1, 0.15) is 5.56 Å². The van der Waals surface area contributed by atoms with Crippen molar-refractivity contribution in [3.05, 3.63) is 78.5 Å². The summed E-state index contributed by atoms with van der Waals surface area (Å²) in [6.07, 6.45) is 5.61. The molecule has 1 saturated heterocycles. The number of rotatable bonds is 4. The minimum atomic E-state index is -0.328. The van der Waals surface area contributed by atoms with Crippen LogP contribution in [0.2, 0.25) is 0 Å². The molecule has 168 valence electrons. The number of benzene rings is 2. The molecule has 0 aliphatic carbocycles. The first-order valence-corrected chi connectivity index (χ1v) is 11.3. The maximum atomic E-state index is 13.4. The zero-order chi connectivity index (χ0) is 22.5. The summed E-state index contributed by atoms with van der Waals surface area (Å²) in [7, 11) is 1.93. The second kappa shape index (κ2) is 7.86. The fourth-order valence-electron chi connectivity index (χ4n) is 5.16. The molecule has 0 unspecified atom stereocenters. The van der Waals surface area contributed by atoms with Crippen molar-refractivity contribution in [3.8, 4) is 28.3 Å². The third-order valence-corrected chi connectivity index (χ3v) is 6.85. The molecule has 4 heterocycles. The molecule has 0 amide bonds. The summed E-state index contributed by atoms with van der Waals surface area (Å²) in [4.78, 5) is 6.92. The van der Waals surface area contributed by atoms with Crippen LogP contribution in [0.3, 0.4) is 0 Å². The summed E-state index contributed by atoms with van der Waals surface area (Å²) >= 11 is 0. The van der Waals surface area contributed by atoms with E-state index in [9.17, 15) is 9.50 Å². The molecule has 1 fully saturated rings. The largest absolute Gasteiger partial charge is 0.391 e. The third kappa shape index (κ3) is 3.44. The van der Waals surface area contributed by atoms with Gasteiger partial charge in [0.2, 0.25) is 0 Å². The lowest BCUT2D eigenvalue weighted by Crippen LogP contribution is -2.28. The maximum absolute atomic E-state index is 13.4. The van der Waals surface area contributed by atoms with Crippen LogP contribution in [0.4, 0.5) is 10.1 Å². The molecule has 2 atom stereocenters. The molecule has 6 rings (SSSR count). The molecule has 7 heteroatoms. The smallest absolute Gasteiger partial charge is 0.161 e. The van der Waals surface area contributed by atoms with Gasteiger partial charge in [0.25, 0.3) is 0 Å². The van der Waals surface area contributed by atoms with E-state index in [4.69, 9.17) is 0 Å².